The van der Waals surface area contributed by atoms with Gasteiger partial charge in [0.05, 0.1) is 0 Å². The third-order valence-electron chi connectivity index (χ3n) is 2.96. The molecular formula is C10H14F5NOS. The van der Waals surface area contributed by atoms with Crippen molar-refractivity contribution in [1.82, 2.24) is 5.32 Å². The van der Waals surface area contributed by atoms with E-state index in [4.69, 9.17) is 0 Å². The SMILES string of the molecule is CSC1CCCCC1NC(=O)C(F)(F)C(F)(F)F. The Hall–Kier alpha value is -0.530. The largest absolute Gasteiger partial charge is 0.463 e. The normalized spacial score (nSPS) is 25.9. The monoisotopic (exact) mass is 291 g/mol. The van der Waals surface area contributed by atoms with Crippen LogP contribution in [-0.2, 0) is 4.79 Å². The molecular weight excluding hydrogens is 277 g/mol. The summed E-state index contributed by atoms with van der Waals surface area (Å²) in [5.41, 5.74) is 0. The quantitative estimate of drug-likeness (QED) is 0.810. The van der Waals surface area contributed by atoms with Crippen molar-refractivity contribution in [1.29, 1.82) is 0 Å². The van der Waals surface area contributed by atoms with Gasteiger partial charge in [-0.15, -0.1) is 0 Å². The topological polar surface area (TPSA) is 29.1 Å². The fourth-order valence-corrected chi connectivity index (χ4v) is 2.87. The molecule has 0 spiro atoms. The van der Waals surface area contributed by atoms with Gasteiger partial charge in [-0.3, -0.25) is 4.79 Å². The van der Waals surface area contributed by atoms with E-state index in [0.29, 0.717) is 12.8 Å². The summed E-state index contributed by atoms with van der Waals surface area (Å²) in [5.74, 6) is -7.58. The first-order valence-electron chi connectivity index (χ1n) is 5.48. The molecule has 8 heteroatoms. The number of carbonyl (C=O) groups is 1. The molecule has 0 aromatic carbocycles. The number of hydrogen-bond donors (Lipinski definition) is 1. The van der Waals surface area contributed by atoms with E-state index in [9.17, 15) is 26.7 Å². The lowest BCUT2D eigenvalue weighted by molar-refractivity contribution is -0.270. The van der Waals surface area contributed by atoms with Crippen LogP contribution in [0.4, 0.5) is 22.0 Å². The molecule has 2 unspecified atom stereocenters. The van der Waals surface area contributed by atoms with Gasteiger partial charge in [0.25, 0.3) is 0 Å². The predicted molar refractivity (Wildman–Crippen MR) is 58.7 cm³/mol. The highest BCUT2D eigenvalue weighted by atomic mass is 32.2. The zero-order valence-corrected chi connectivity index (χ0v) is 10.5. The van der Waals surface area contributed by atoms with Gasteiger partial charge >= 0.3 is 18.0 Å². The van der Waals surface area contributed by atoms with Gasteiger partial charge in [-0.25, -0.2) is 0 Å². The van der Waals surface area contributed by atoms with Gasteiger partial charge in [-0.1, -0.05) is 12.8 Å². The van der Waals surface area contributed by atoms with Crippen LogP contribution in [0, 0.1) is 0 Å². The van der Waals surface area contributed by atoms with Gasteiger partial charge < -0.3 is 5.32 Å². The molecule has 0 aliphatic heterocycles. The third-order valence-corrected chi connectivity index (χ3v) is 4.13. The van der Waals surface area contributed by atoms with E-state index < -0.39 is 24.0 Å². The van der Waals surface area contributed by atoms with Crippen molar-refractivity contribution in [2.75, 3.05) is 6.26 Å². The molecule has 2 nitrogen and oxygen atoms in total. The highest BCUT2D eigenvalue weighted by molar-refractivity contribution is 7.99. The van der Waals surface area contributed by atoms with Crippen LogP contribution in [0.5, 0.6) is 0 Å². The molecule has 0 bridgehead atoms. The van der Waals surface area contributed by atoms with E-state index in [0.717, 1.165) is 12.8 Å². The van der Waals surface area contributed by atoms with Crippen LogP contribution in [0.25, 0.3) is 0 Å². The summed E-state index contributed by atoms with van der Waals surface area (Å²) >= 11 is 1.37. The molecule has 1 amide bonds. The fraction of sp³-hybridized carbons (Fsp3) is 0.900. The molecule has 2 atom stereocenters. The number of alkyl halides is 5. The van der Waals surface area contributed by atoms with Crippen molar-refractivity contribution in [2.24, 2.45) is 0 Å². The molecule has 1 N–H and O–H groups in total. The summed E-state index contributed by atoms with van der Waals surface area (Å²) in [6.07, 6.45) is -1.33. The van der Waals surface area contributed by atoms with Crippen molar-refractivity contribution in [3.8, 4) is 0 Å². The van der Waals surface area contributed by atoms with Crippen LogP contribution in [0.3, 0.4) is 0 Å². The second-order valence-electron chi connectivity index (χ2n) is 4.21. The number of hydrogen-bond acceptors (Lipinski definition) is 2. The van der Waals surface area contributed by atoms with Crippen molar-refractivity contribution in [3.05, 3.63) is 0 Å². The Bertz CT molecular complexity index is 307. The van der Waals surface area contributed by atoms with Crippen LogP contribution in [0.1, 0.15) is 25.7 Å². The van der Waals surface area contributed by atoms with Crippen LogP contribution in [-0.4, -0.2) is 35.6 Å². The smallest absolute Gasteiger partial charge is 0.347 e. The van der Waals surface area contributed by atoms with Gasteiger partial charge in [0, 0.05) is 11.3 Å². The van der Waals surface area contributed by atoms with E-state index in [1.165, 1.54) is 11.8 Å². The Kier molecular flexibility index (Phi) is 4.85. The molecule has 0 aromatic heterocycles. The lowest BCUT2D eigenvalue weighted by Gasteiger charge is -2.32. The van der Waals surface area contributed by atoms with Crippen molar-refractivity contribution in [2.45, 2.75) is 49.1 Å². The van der Waals surface area contributed by atoms with Gasteiger partial charge in [-0.05, 0) is 19.1 Å². The lowest BCUT2D eigenvalue weighted by Crippen LogP contribution is -2.55. The summed E-state index contributed by atoms with van der Waals surface area (Å²) in [4.78, 5) is 11.1. The third kappa shape index (κ3) is 3.27. The zero-order valence-electron chi connectivity index (χ0n) is 9.69. The molecule has 0 saturated heterocycles. The van der Waals surface area contributed by atoms with E-state index >= 15 is 0 Å². The Labute approximate surface area is 106 Å². The first-order chi connectivity index (χ1) is 8.20. The van der Waals surface area contributed by atoms with Crippen LogP contribution in [0.2, 0.25) is 0 Å². The first-order valence-corrected chi connectivity index (χ1v) is 6.77. The first kappa shape index (κ1) is 15.5. The Morgan fingerprint density at radius 3 is 2.22 bits per heavy atom. The van der Waals surface area contributed by atoms with Gasteiger partial charge in [-0.2, -0.15) is 33.7 Å². The standard InChI is InChI=1S/C10H14F5NOS/c1-18-7-5-3-2-4-6(7)16-8(17)9(11,12)10(13,14)15/h6-7H,2-5H2,1H3,(H,16,17). The summed E-state index contributed by atoms with van der Waals surface area (Å²) in [7, 11) is 0. The average molecular weight is 291 g/mol. The molecule has 1 rings (SSSR count). The van der Waals surface area contributed by atoms with Gasteiger partial charge in [0.1, 0.15) is 0 Å². The van der Waals surface area contributed by atoms with E-state index in [1.807, 2.05) is 5.32 Å². The van der Waals surface area contributed by atoms with E-state index in [-0.39, 0.29) is 5.25 Å². The minimum absolute atomic E-state index is 0.105. The average Bonchev–Trinajstić information content (AvgIpc) is 2.28. The molecule has 1 aliphatic carbocycles. The number of halogens is 5. The number of thioether (sulfide) groups is 1. The minimum Gasteiger partial charge on any atom is -0.347 e. The predicted octanol–water partition coefficient (Wildman–Crippen LogP) is 2.97. The Morgan fingerprint density at radius 1 is 1.17 bits per heavy atom. The maximum absolute atomic E-state index is 12.8. The van der Waals surface area contributed by atoms with Gasteiger partial charge in [0.2, 0.25) is 0 Å². The highest BCUT2D eigenvalue weighted by Crippen LogP contribution is 2.36. The molecule has 0 aromatic rings. The summed E-state index contributed by atoms with van der Waals surface area (Å²) in [5, 5.41) is 1.73. The second-order valence-corrected chi connectivity index (χ2v) is 5.29. The maximum Gasteiger partial charge on any atom is 0.463 e. The summed E-state index contributed by atoms with van der Waals surface area (Å²) in [6.45, 7) is 0. The maximum atomic E-state index is 12.8. The Balaban J connectivity index is 2.69. The Morgan fingerprint density at radius 2 is 1.72 bits per heavy atom. The number of carbonyl (C=O) groups excluding carboxylic acids is 1. The van der Waals surface area contributed by atoms with Crippen molar-refractivity contribution in [3.63, 3.8) is 0 Å². The summed E-state index contributed by atoms with van der Waals surface area (Å²) < 4.78 is 61.5. The molecule has 1 aliphatic rings. The zero-order chi connectivity index (χ0) is 14.0. The van der Waals surface area contributed by atoms with Crippen molar-refractivity contribution < 1.29 is 26.7 Å². The fourth-order valence-electron chi connectivity index (χ4n) is 1.93. The second kappa shape index (κ2) is 5.63. The lowest BCUT2D eigenvalue weighted by atomic mass is 9.94. The number of amides is 1. The van der Waals surface area contributed by atoms with Crippen LogP contribution >= 0.6 is 11.8 Å². The molecule has 1 saturated carbocycles. The molecule has 18 heavy (non-hydrogen) atoms. The van der Waals surface area contributed by atoms with Gasteiger partial charge in [0.15, 0.2) is 0 Å². The van der Waals surface area contributed by atoms with E-state index in [2.05, 4.69) is 0 Å². The molecule has 0 radical (unpaired) electrons. The van der Waals surface area contributed by atoms with Crippen LogP contribution < -0.4 is 5.32 Å². The van der Waals surface area contributed by atoms with Crippen LogP contribution in [0.15, 0.2) is 0 Å². The highest BCUT2D eigenvalue weighted by Gasteiger charge is 2.63. The van der Waals surface area contributed by atoms with Crippen molar-refractivity contribution >= 4 is 17.7 Å². The summed E-state index contributed by atoms with van der Waals surface area (Å²) in [6, 6.07) is -0.616. The minimum atomic E-state index is -5.85. The number of nitrogens with one attached hydrogen (secondary N) is 1. The molecule has 1 fully saturated rings. The number of rotatable bonds is 3. The molecule has 0 heterocycles. The molecule has 106 valence electrons. The van der Waals surface area contributed by atoms with E-state index in [1.54, 1.807) is 6.26 Å².